The first-order valence-electron chi connectivity index (χ1n) is 3.16. The molecule has 0 atom stereocenters. The Hall–Kier alpha value is -0.750. The van der Waals surface area contributed by atoms with E-state index in [1.165, 1.54) is 12.2 Å². The molecule has 0 heterocycles. The summed E-state index contributed by atoms with van der Waals surface area (Å²) in [6, 6.07) is 0. The summed E-state index contributed by atoms with van der Waals surface area (Å²) in [5, 5.41) is 18.8. The molecule has 0 amide bonds. The Kier molecular flexibility index (Phi) is 30.1. The number of rotatable bonds is 4. The van der Waals surface area contributed by atoms with E-state index in [4.69, 9.17) is 0 Å². The third kappa shape index (κ3) is 42.9. The van der Waals surface area contributed by atoms with Gasteiger partial charge in [-0.2, -0.15) is 0 Å². The van der Waals surface area contributed by atoms with Crippen LogP contribution in [-0.2, 0) is 40.9 Å². The Morgan fingerprint density at radius 1 is 1.00 bits per heavy atom. The van der Waals surface area contributed by atoms with Gasteiger partial charge in [0.25, 0.3) is 0 Å². The molecule has 0 unspecified atom stereocenters. The zero-order chi connectivity index (χ0) is 9.98. The van der Waals surface area contributed by atoms with Gasteiger partial charge in [-0.05, 0) is 0 Å². The molecule has 5 nitrogen and oxygen atoms in total. The molecule has 0 aliphatic rings. The van der Waals surface area contributed by atoms with E-state index < -0.39 is 11.9 Å². The maximum Gasteiger partial charge on any atom is 4.00 e. The smallest absolute Gasteiger partial charge is 2.00 e. The molecule has 14 heavy (non-hydrogen) atoms. The first-order valence-corrected chi connectivity index (χ1v) is 3.16. The van der Waals surface area contributed by atoms with Crippen LogP contribution in [0.3, 0.4) is 0 Å². The minimum Gasteiger partial charge on any atom is -2.00 e. The van der Waals surface area contributed by atoms with E-state index in [9.17, 15) is 19.8 Å². The van der Waals surface area contributed by atoms with Crippen molar-refractivity contribution in [1.82, 2.24) is 0 Å². The second kappa shape index (κ2) is 18.1. The summed E-state index contributed by atoms with van der Waals surface area (Å²) in [6.07, 6.45) is 2.46. The van der Waals surface area contributed by atoms with Gasteiger partial charge in [0.05, 0.1) is 0 Å². The van der Waals surface area contributed by atoms with Gasteiger partial charge >= 0.3 is 25.8 Å². The summed E-state index contributed by atoms with van der Waals surface area (Å²) < 4.78 is 0. The molecule has 0 aliphatic heterocycles. The summed E-state index contributed by atoms with van der Waals surface area (Å²) in [7, 11) is 0. The molecule has 0 N–H and O–H groups in total. The summed E-state index contributed by atoms with van der Waals surface area (Å²) in [5.74, 6) is -2.16. The maximum atomic E-state index is 9.42. The third-order valence-corrected chi connectivity index (χ3v) is 0.622. The van der Waals surface area contributed by atoms with Gasteiger partial charge in [-0.3, -0.25) is 0 Å². The van der Waals surface area contributed by atoms with Crippen molar-refractivity contribution < 1.29 is 51.1 Å². The molecule has 0 rings (SSSR count). The van der Waals surface area contributed by atoms with Crippen LogP contribution in [0.25, 0.3) is 0 Å². The normalized spacial score (nSPS) is 6.29. The zero-order valence-electron chi connectivity index (χ0n) is 7.52. The Balaban J connectivity index is -0.0000000625. The predicted molar refractivity (Wildman–Crippen MR) is 40.3 cm³/mol. The van der Waals surface area contributed by atoms with Crippen LogP contribution >= 0.6 is 0 Å². The summed E-state index contributed by atoms with van der Waals surface area (Å²) in [4.78, 5) is 18.8. The molecular formula is C8H10HfO5. The maximum absolute atomic E-state index is 9.42. The van der Waals surface area contributed by atoms with Crippen molar-refractivity contribution in [1.29, 1.82) is 0 Å². The van der Waals surface area contributed by atoms with E-state index in [1.807, 2.05) is 0 Å². The van der Waals surface area contributed by atoms with Crippen LogP contribution in [0.4, 0.5) is 0 Å². The van der Waals surface area contributed by atoms with Crippen molar-refractivity contribution in [2.75, 3.05) is 0 Å². The van der Waals surface area contributed by atoms with Gasteiger partial charge in [-0.1, -0.05) is 12.2 Å². The van der Waals surface area contributed by atoms with Gasteiger partial charge in [0.1, 0.15) is 0 Å². The quantitative estimate of drug-likeness (QED) is 0.447. The molecule has 0 saturated heterocycles. The van der Waals surface area contributed by atoms with E-state index >= 15 is 0 Å². The minimum absolute atomic E-state index is 0. The van der Waals surface area contributed by atoms with Crippen molar-refractivity contribution >= 4 is 11.9 Å². The van der Waals surface area contributed by atoms with Gasteiger partial charge in [0.2, 0.25) is 0 Å². The molecule has 0 aliphatic carbocycles. The van der Waals surface area contributed by atoms with Crippen LogP contribution in [0.15, 0.2) is 25.3 Å². The molecule has 0 saturated carbocycles. The van der Waals surface area contributed by atoms with Crippen molar-refractivity contribution in [3.05, 3.63) is 25.3 Å². The monoisotopic (exact) mass is 366 g/mol. The van der Waals surface area contributed by atoms with Gasteiger partial charge < -0.3 is 25.3 Å². The molecule has 0 bridgehead atoms. The SMILES string of the molecule is C=CCC(=O)[O-].C=CCC(=O)[O-].[Hf+4].[O-2]. The molecule has 0 aromatic carbocycles. The van der Waals surface area contributed by atoms with Crippen molar-refractivity contribution in [3.63, 3.8) is 0 Å². The number of aliphatic carboxylic acids is 2. The number of carbonyl (C=O) groups is 2. The largest absolute Gasteiger partial charge is 4.00 e. The van der Waals surface area contributed by atoms with E-state index in [2.05, 4.69) is 13.2 Å². The molecule has 0 radical (unpaired) electrons. The molecule has 0 aromatic heterocycles. The number of carbonyl (C=O) groups excluding carboxylic acids is 2. The topological polar surface area (TPSA) is 109 Å². The van der Waals surface area contributed by atoms with Crippen LogP contribution in [-0.4, -0.2) is 11.9 Å². The average molecular weight is 365 g/mol. The van der Waals surface area contributed by atoms with E-state index in [-0.39, 0.29) is 44.2 Å². The predicted octanol–water partition coefficient (Wildman–Crippen LogP) is -1.50. The molecule has 0 spiro atoms. The van der Waals surface area contributed by atoms with Crippen molar-refractivity contribution in [3.8, 4) is 0 Å². The molecule has 0 aromatic rings. The fourth-order valence-corrected chi connectivity index (χ4v) is 0.236. The van der Waals surface area contributed by atoms with Gasteiger partial charge in [-0.15, -0.1) is 13.2 Å². The van der Waals surface area contributed by atoms with Crippen molar-refractivity contribution in [2.45, 2.75) is 12.8 Å². The summed E-state index contributed by atoms with van der Waals surface area (Å²) >= 11 is 0. The average Bonchev–Trinajstić information content (AvgIpc) is 1.87. The first kappa shape index (κ1) is 23.2. The van der Waals surface area contributed by atoms with Crippen LogP contribution in [0.1, 0.15) is 12.8 Å². The summed E-state index contributed by atoms with van der Waals surface area (Å²) in [5.41, 5.74) is 0. The fraction of sp³-hybridized carbons (Fsp3) is 0.250. The molecule has 6 heteroatoms. The Morgan fingerprint density at radius 3 is 1.21 bits per heavy atom. The van der Waals surface area contributed by atoms with Crippen LogP contribution in [0.5, 0.6) is 0 Å². The zero-order valence-corrected chi connectivity index (χ0v) is 11.1. The fourth-order valence-electron chi connectivity index (χ4n) is 0.236. The molecule has 76 valence electrons. The van der Waals surface area contributed by atoms with Crippen LogP contribution in [0.2, 0.25) is 0 Å². The second-order valence-electron chi connectivity index (χ2n) is 1.73. The van der Waals surface area contributed by atoms with Crippen molar-refractivity contribution in [2.24, 2.45) is 0 Å². The number of carboxylic acid groups (broad SMARTS) is 2. The minimum atomic E-state index is -1.08. The van der Waals surface area contributed by atoms with Crippen LogP contribution in [0, 0.1) is 0 Å². The molecule has 0 fully saturated rings. The Labute approximate surface area is 101 Å². The van der Waals surface area contributed by atoms with E-state index in [0.29, 0.717) is 0 Å². The first-order chi connectivity index (χ1) is 5.54. The van der Waals surface area contributed by atoms with E-state index in [0.717, 1.165) is 0 Å². The number of carboxylic acids is 2. The van der Waals surface area contributed by atoms with Crippen LogP contribution < -0.4 is 10.2 Å². The number of hydrogen-bond acceptors (Lipinski definition) is 4. The standard InChI is InChI=1S/2C4H6O2.Hf.O/c2*1-2-3-4(5)6;;/h2*2H,1,3H2,(H,5,6);;/q;;+4;-2/p-2. The Morgan fingerprint density at radius 2 is 1.21 bits per heavy atom. The third-order valence-electron chi connectivity index (χ3n) is 0.622. The van der Waals surface area contributed by atoms with E-state index in [1.54, 1.807) is 0 Å². The Bertz CT molecular complexity index is 159. The molecular weight excluding hydrogens is 355 g/mol. The second-order valence-corrected chi connectivity index (χ2v) is 1.73. The summed E-state index contributed by atoms with van der Waals surface area (Å²) in [6.45, 7) is 6.36. The van der Waals surface area contributed by atoms with Gasteiger partial charge in [-0.25, -0.2) is 0 Å². The number of hydrogen-bond donors (Lipinski definition) is 0. The van der Waals surface area contributed by atoms with Gasteiger partial charge in [0, 0.05) is 24.8 Å². The van der Waals surface area contributed by atoms with Gasteiger partial charge in [0.15, 0.2) is 0 Å².